The number of hydrogen-bond acceptors (Lipinski definition) is 2. The molecule has 1 atom stereocenters. The van der Waals surface area contributed by atoms with E-state index in [1.807, 2.05) is 6.08 Å². The highest BCUT2D eigenvalue weighted by molar-refractivity contribution is 4.81. The van der Waals surface area contributed by atoms with E-state index in [2.05, 4.69) is 27.4 Å². The summed E-state index contributed by atoms with van der Waals surface area (Å²) in [5.74, 6) is 0.902. The largest absolute Gasteiger partial charge is 0.381 e. The number of rotatable bonds is 12. The van der Waals surface area contributed by atoms with Crippen molar-refractivity contribution in [2.24, 2.45) is 11.8 Å². The number of allylic oxidation sites excluding steroid dienone is 1. The van der Waals surface area contributed by atoms with Crippen LogP contribution in [0.5, 0.6) is 0 Å². The lowest BCUT2D eigenvalue weighted by atomic mass is 9.96. The molecule has 0 N–H and O–H groups in total. The second-order valence-electron chi connectivity index (χ2n) is 4.71. The molecular weight excluding hydrogens is 212 g/mol. The maximum Gasteiger partial charge on any atom is 0.0521 e. The summed E-state index contributed by atoms with van der Waals surface area (Å²) in [6.07, 6.45) is 6.66. The minimum absolute atomic E-state index is 0.446. The van der Waals surface area contributed by atoms with Gasteiger partial charge in [-0.2, -0.15) is 0 Å². The van der Waals surface area contributed by atoms with Crippen LogP contribution < -0.4 is 0 Å². The fourth-order valence-corrected chi connectivity index (χ4v) is 1.51. The smallest absolute Gasteiger partial charge is 0.0521 e. The van der Waals surface area contributed by atoms with Gasteiger partial charge in [0.1, 0.15) is 0 Å². The molecule has 0 radical (unpaired) electrons. The summed E-state index contributed by atoms with van der Waals surface area (Å²) in [6, 6.07) is 0. The van der Waals surface area contributed by atoms with Crippen LogP contribution in [0.4, 0.5) is 0 Å². The minimum Gasteiger partial charge on any atom is -0.381 e. The molecule has 0 aliphatic rings. The van der Waals surface area contributed by atoms with Crippen LogP contribution in [0, 0.1) is 11.8 Å². The van der Waals surface area contributed by atoms with Gasteiger partial charge in [0.05, 0.1) is 13.2 Å². The first-order valence-electron chi connectivity index (χ1n) is 7.04. The standard InChI is InChI=1S/C15H30O2/c1-5-8-10-16-12-15(14(4)7-3)13-17-11-9-6-2/h7,14-15H,3,5-6,8-13H2,1-2,4H3. The SMILES string of the molecule is C=CC(C)C(COCCCC)COCCCC. The molecule has 0 spiro atoms. The zero-order chi connectivity index (χ0) is 12.9. The van der Waals surface area contributed by atoms with Gasteiger partial charge in [-0.25, -0.2) is 0 Å². The van der Waals surface area contributed by atoms with E-state index < -0.39 is 0 Å². The quantitative estimate of drug-likeness (QED) is 0.379. The van der Waals surface area contributed by atoms with Gasteiger partial charge < -0.3 is 9.47 Å². The molecule has 0 bridgehead atoms. The van der Waals surface area contributed by atoms with Crippen LogP contribution in [0.3, 0.4) is 0 Å². The summed E-state index contributed by atoms with van der Waals surface area (Å²) in [4.78, 5) is 0. The van der Waals surface area contributed by atoms with Gasteiger partial charge in [-0.05, 0) is 18.8 Å². The van der Waals surface area contributed by atoms with Crippen molar-refractivity contribution in [1.29, 1.82) is 0 Å². The fraction of sp³-hybridized carbons (Fsp3) is 0.867. The maximum atomic E-state index is 5.69. The number of hydrogen-bond donors (Lipinski definition) is 0. The van der Waals surface area contributed by atoms with Gasteiger partial charge >= 0.3 is 0 Å². The van der Waals surface area contributed by atoms with Gasteiger partial charge in [-0.1, -0.05) is 39.7 Å². The van der Waals surface area contributed by atoms with Crippen molar-refractivity contribution >= 4 is 0 Å². The molecule has 0 aliphatic heterocycles. The van der Waals surface area contributed by atoms with Crippen molar-refractivity contribution in [2.75, 3.05) is 26.4 Å². The molecule has 0 fully saturated rings. The van der Waals surface area contributed by atoms with Gasteiger partial charge in [0.15, 0.2) is 0 Å². The molecule has 0 aliphatic carbocycles. The first kappa shape index (κ1) is 16.7. The Bertz CT molecular complexity index is 156. The monoisotopic (exact) mass is 242 g/mol. The lowest BCUT2D eigenvalue weighted by molar-refractivity contribution is 0.0247. The maximum absolute atomic E-state index is 5.69. The predicted molar refractivity (Wildman–Crippen MR) is 74.3 cm³/mol. The zero-order valence-corrected chi connectivity index (χ0v) is 11.9. The Balaban J connectivity index is 3.76. The summed E-state index contributed by atoms with van der Waals surface area (Å²) >= 11 is 0. The van der Waals surface area contributed by atoms with E-state index in [9.17, 15) is 0 Å². The third kappa shape index (κ3) is 9.37. The van der Waals surface area contributed by atoms with Crippen LogP contribution in [-0.2, 0) is 9.47 Å². The lowest BCUT2D eigenvalue weighted by Gasteiger charge is -2.21. The molecule has 17 heavy (non-hydrogen) atoms. The van der Waals surface area contributed by atoms with Crippen LogP contribution in [0.25, 0.3) is 0 Å². The summed E-state index contributed by atoms with van der Waals surface area (Å²) in [5, 5.41) is 0. The van der Waals surface area contributed by atoms with Gasteiger partial charge in [0.25, 0.3) is 0 Å². The Morgan fingerprint density at radius 2 is 1.47 bits per heavy atom. The van der Waals surface area contributed by atoms with Crippen molar-refractivity contribution in [1.82, 2.24) is 0 Å². The third-order valence-electron chi connectivity index (χ3n) is 3.06. The Morgan fingerprint density at radius 1 is 1.00 bits per heavy atom. The minimum atomic E-state index is 0.446. The summed E-state index contributed by atoms with van der Waals surface area (Å²) in [7, 11) is 0. The van der Waals surface area contributed by atoms with Crippen molar-refractivity contribution < 1.29 is 9.47 Å². The summed E-state index contributed by atoms with van der Waals surface area (Å²) in [5.41, 5.74) is 0. The number of ether oxygens (including phenoxy) is 2. The van der Waals surface area contributed by atoms with Crippen molar-refractivity contribution in [2.45, 2.75) is 46.5 Å². The molecule has 1 unspecified atom stereocenters. The Morgan fingerprint density at radius 3 is 1.82 bits per heavy atom. The first-order valence-corrected chi connectivity index (χ1v) is 7.04. The fourth-order valence-electron chi connectivity index (χ4n) is 1.51. The first-order chi connectivity index (χ1) is 8.26. The van der Waals surface area contributed by atoms with Crippen LogP contribution in [0.1, 0.15) is 46.5 Å². The van der Waals surface area contributed by atoms with E-state index in [0.717, 1.165) is 39.3 Å². The second kappa shape index (κ2) is 12.1. The average molecular weight is 242 g/mol. The van der Waals surface area contributed by atoms with E-state index in [0.29, 0.717) is 11.8 Å². The molecule has 0 aromatic rings. The lowest BCUT2D eigenvalue weighted by Crippen LogP contribution is -2.23. The van der Waals surface area contributed by atoms with E-state index in [4.69, 9.17) is 9.47 Å². The normalized spacial score (nSPS) is 12.9. The predicted octanol–water partition coefficient (Wildman–Crippen LogP) is 4.06. The topological polar surface area (TPSA) is 18.5 Å². The highest BCUT2D eigenvalue weighted by Gasteiger charge is 2.15. The van der Waals surface area contributed by atoms with Crippen molar-refractivity contribution in [3.63, 3.8) is 0 Å². The van der Waals surface area contributed by atoms with Gasteiger partial charge in [0, 0.05) is 19.1 Å². The molecule has 0 rings (SSSR count). The van der Waals surface area contributed by atoms with E-state index in [1.165, 1.54) is 12.8 Å². The highest BCUT2D eigenvalue weighted by atomic mass is 16.5. The molecule has 102 valence electrons. The molecule has 0 aromatic heterocycles. The van der Waals surface area contributed by atoms with Crippen LogP contribution in [0.15, 0.2) is 12.7 Å². The Labute approximate surface area is 107 Å². The molecule has 0 saturated carbocycles. The molecule has 0 heterocycles. The van der Waals surface area contributed by atoms with Crippen LogP contribution >= 0.6 is 0 Å². The molecule has 0 amide bonds. The molecule has 2 heteroatoms. The van der Waals surface area contributed by atoms with Crippen LogP contribution in [0.2, 0.25) is 0 Å². The average Bonchev–Trinajstić information content (AvgIpc) is 2.36. The van der Waals surface area contributed by atoms with E-state index in [1.54, 1.807) is 0 Å². The second-order valence-corrected chi connectivity index (χ2v) is 4.71. The van der Waals surface area contributed by atoms with Gasteiger partial charge in [-0.3, -0.25) is 0 Å². The van der Waals surface area contributed by atoms with E-state index >= 15 is 0 Å². The van der Waals surface area contributed by atoms with Gasteiger partial charge in [-0.15, -0.1) is 6.58 Å². The highest BCUT2D eigenvalue weighted by Crippen LogP contribution is 2.14. The van der Waals surface area contributed by atoms with Crippen molar-refractivity contribution in [3.8, 4) is 0 Å². The molecule has 2 nitrogen and oxygen atoms in total. The summed E-state index contributed by atoms with van der Waals surface area (Å²) < 4.78 is 11.4. The third-order valence-corrected chi connectivity index (χ3v) is 3.06. The Kier molecular flexibility index (Phi) is 11.9. The van der Waals surface area contributed by atoms with Crippen molar-refractivity contribution in [3.05, 3.63) is 12.7 Å². The zero-order valence-electron chi connectivity index (χ0n) is 11.9. The molecule has 0 aromatic carbocycles. The van der Waals surface area contributed by atoms with Crippen LogP contribution in [-0.4, -0.2) is 26.4 Å². The molecular formula is C15H30O2. The van der Waals surface area contributed by atoms with E-state index in [-0.39, 0.29) is 0 Å². The molecule has 0 saturated heterocycles. The number of unbranched alkanes of at least 4 members (excludes halogenated alkanes) is 2. The van der Waals surface area contributed by atoms with Gasteiger partial charge in [0.2, 0.25) is 0 Å². The summed E-state index contributed by atoms with van der Waals surface area (Å²) in [6.45, 7) is 13.7. The Hall–Kier alpha value is -0.340.